The Morgan fingerprint density at radius 1 is 1.31 bits per heavy atom. The lowest BCUT2D eigenvalue weighted by atomic mass is 9.92. The average Bonchev–Trinajstić information content (AvgIpc) is 2.97. The summed E-state index contributed by atoms with van der Waals surface area (Å²) in [6.07, 6.45) is 0.381. The average molecular weight is 362 g/mol. The monoisotopic (exact) mass is 362 g/mol. The van der Waals surface area contributed by atoms with Crippen LogP contribution in [0.2, 0.25) is 0 Å². The van der Waals surface area contributed by atoms with Crippen LogP contribution in [0.3, 0.4) is 0 Å². The summed E-state index contributed by atoms with van der Waals surface area (Å²) in [4.78, 5) is 15.0. The molecule has 2 aromatic rings. The van der Waals surface area contributed by atoms with Crippen LogP contribution < -0.4 is 5.32 Å². The Kier molecular flexibility index (Phi) is 6.42. The van der Waals surface area contributed by atoms with Crippen LogP contribution in [-0.2, 0) is 11.2 Å². The van der Waals surface area contributed by atoms with Crippen molar-refractivity contribution in [2.45, 2.75) is 33.2 Å². The highest BCUT2D eigenvalue weighted by Crippen LogP contribution is 2.18. The highest BCUT2D eigenvalue weighted by Gasteiger charge is 2.27. The van der Waals surface area contributed by atoms with Crippen LogP contribution in [0.4, 0.5) is 4.39 Å². The van der Waals surface area contributed by atoms with Crippen LogP contribution in [0.15, 0.2) is 24.3 Å². The molecular formula is C18H27FN6O. The van der Waals surface area contributed by atoms with Gasteiger partial charge in [0.05, 0.1) is 0 Å². The molecule has 0 fully saturated rings. The van der Waals surface area contributed by atoms with Crippen molar-refractivity contribution in [3.63, 3.8) is 0 Å². The lowest BCUT2D eigenvalue weighted by molar-refractivity contribution is -0.125. The fraction of sp³-hybridized carbons (Fsp3) is 0.556. The second-order valence-electron chi connectivity index (χ2n) is 7.64. The van der Waals surface area contributed by atoms with Crippen molar-refractivity contribution >= 4 is 5.91 Å². The Morgan fingerprint density at radius 2 is 1.96 bits per heavy atom. The predicted octanol–water partition coefficient (Wildman–Crippen LogP) is 1.61. The van der Waals surface area contributed by atoms with Crippen LogP contribution in [0.5, 0.6) is 0 Å². The molecule has 1 heterocycles. The van der Waals surface area contributed by atoms with Crippen LogP contribution in [0, 0.1) is 18.2 Å². The topological polar surface area (TPSA) is 75.9 Å². The van der Waals surface area contributed by atoms with Gasteiger partial charge in [-0.15, -0.1) is 5.10 Å². The minimum atomic E-state index is -0.592. The summed E-state index contributed by atoms with van der Waals surface area (Å²) in [5, 5.41) is 14.5. The van der Waals surface area contributed by atoms with Gasteiger partial charge in [0.2, 0.25) is 5.91 Å². The standard InChI is InChI=1S/C18H27FN6O/c1-13-21-22-23-25(13)16(10-14-6-8-15(19)9-7-14)17(26)20-11-18(2,3)12-24(4)5/h6-9,16H,10-12H2,1-5H3,(H,20,26)/t16-/m0/s1. The van der Waals surface area contributed by atoms with Crippen LogP contribution >= 0.6 is 0 Å². The van der Waals surface area contributed by atoms with Crippen LogP contribution in [0.1, 0.15) is 31.3 Å². The molecule has 26 heavy (non-hydrogen) atoms. The van der Waals surface area contributed by atoms with Crippen LogP contribution in [0.25, 0.3) is 0 Å². The highest BCUT2D eigenvalue weighted by atomic mass is 19.1. The number of hydrogen-bond donors (Lipinski definition) is 1. The second-order valence-corrected chi connectivity index (χ2v) is 7.64. The summed E-state index contributed by atoms with van der Waals surface area (Å²) < 4.78 is 14.7. The van der Waals surface area contributed by atoms with Gasteiger partial charge >= 0.3 is 0 Å². The third kappa shape index (κ3) is 5.59. The molecule has 0 aliphatic heterocycles. The third-order valence-corrected chi connectivity index (χ3v) is 4.08. The number of nitrogens with one attached hydrogen (secondary N) is 1. The van der Waals surface area contributed by atoms with E-state index in [1.165, 1.54) is 16.8 Å². The minimum Gasteiger partial charge on any atom is -0.354 e. The Hall–Kier alpha value is -2.35. The molecule has 0 spiro atoms. The number of aryl methyl sites for hydroxylation is 1. The van der Waals surface area contributed by atoms with Gasteiger partial charge in [-0.3, -0.25) is 4.79 Å². The summed E-state index contributed by atoms with van der Waals surface area (Å²) in [6, 6.07) is 5.52. The number of hydrogen-bond acceptors (Lipinski definition) is 5. The third-order valence-electron chi connectivity index (χ3n) is 4.08. The summed E-state index contributed by atoms with van der Waals surface area (Å²) >= 11 is 0. The van der Waals surface area contributed by atoms with Crippen molar-refractivity contribution in [2.75, 3.05) is 27.2 Å². The number of carbonyl (C=O) groups excluding carboxylic acids is 1. The maximum absolute atomic E-state index is 13.2. The number of nitrogens with zero attached hydrogens (tertiary/aromatic N) is 5. The normalized spacial score (nSPS) is 13.0. The van der Waals surface area contributed by atoms with Gasteiger partial charge in [-0.1, -0.05) is 26.0 Å². The molecule has 1 amide bonds. The van der Waals surface area contributed by atoms with Gasteiger partial charge in [0.25, 0.3) is 0 Å². The first-order valence-electron chi connectivity index (χ1n) is 8.59. The summed E-state index contributed by atoms with van der Waals surface area (Å²) in [7, 11) is 4.01. The Bertz CT molecular complexity index is 726. The molecule has 2 rings (SSSR count). The van der Waals surface area contributed by atoms with E-state index in [-0.39, 0.29) is 17.1 Å². The predicted molar refractivity (Wildman–Crippen MR) is 97.0 cm³/mol. The van der Waals surface area contributed by atoms with Gasteiger partial charge in [0.15, 0.2) is 0 Å². The quantitative estimate of drug-likeness (QED) is 0.772. The van der Waals surface area contributed by atoms with E-state index in [0.29, 0.717) is 18.8 Å². The van der Waals surface area contributed by atoms with Gasteiger partial charge < -0.3 is 10.2 Å². The molecule has 142 valence electrons. The first-order chi connectivity index (χ1) is 12.2. The Morgan fingerprint density at radius 3 is 2.50 bits per heavy atom. The van der Waals surface area contributed by atoms with Crippen molar-refractivity contribution in [3.8, 4) is 0 Å². The molecule has 0 saturated heterocycles. The highest BCUT2D eigenvalue weighted by molar-refractivity contribution is 5.80. The number of carbonyl (C=O) groups is 1. The zero-order chi connectivity index (χ0) is 19.3. The second kappa shape index (κ2) is 8.35. The Labute approximate surface area is 153 Å². The summed E-state index contributed by atoms with van der Waals surface area (Å²) in [5.74, 6) is 0.0927. The smallest absolute Gasteiger partial charge is 0.245 e. The van der Waals surface area contributed by atoms with Gasteiger partial charge in [-0.2, -0.15) is 0 Å². The number of amides is 1. The first kappa shape index (κ1) is 20.0. The summed E-state index contributed by atoms with van der Waals surface area (Å²) in [6.45, 7) is 7.33. The van der Waals surface area contributed by atoms with E-state index in [1.54, 1.807) is 19.1 Å². The van der Waals surface area contributed by atoms with E-state index in [9.17, 15) is 9.18 Å². The number of aromatic nitrogens is 4. The molecular weight excluding hydrogens is 335 g/mol. The molecule has 0 aliphatic rings. The van der Waals surface area contributed by atoms with Crippen molar-refractivity contribution in [1.29, 1.82) is 0 Å². The van der Waals surface area contributed by atoms with E-state index in [2.05, 4.69) is 39.6 Å². The largest absolute Gasteiger partial charge is 0.354 e. The molecule has 1 atom stereocenters. The molecule has 8 heteroatoms. The van der Waals surface area contributed by atoms with Crippen LogP contribution in [-0.4, -0.2) is 58.2 Å². The molecule has 7 nitrogen and oxygen atoms in total. The van der Waals surface area contributed by atoms with E-state index < -0.39 is 6.04 Å². The zero-order valence-electron chi connectivity index (χ0n) is 16.0. The SMILES string of the molecule is Cc1nnnn1[C@@H](Cc1ccc(F)cc1)C(=O)NCC(C)(C)CN(C)C. The minimum absolute atomic E-state index is 0.0742. The van der Waals surface area contributed by atoms with Crippen molar-refractivity contribution in [1.82, 2.24) is 30.4 Å². The molecule has 1 N–H and O–H groups in total. The van der Waals surface area contributed by atoms with E-state index >= 15 is 0 Å². The molecule has 1 aromatic carbocycles. The van der Waals surface area contributed by atoms with Gasteiger partial charge in [0, 0.05) is 19.5 Å². The lowest BCUT2D eigenvalue weighted by Crippen LogP contribution is -2.43. The molecule has 0 bridgehead atoms. The fourth-order valence-corrected chi connectivity index (χ4v) is 3.02. The number of rotatable bonds is 8. The van der Waals surface area contributed by atoms with Crippen molar-refractivity contribution in [3.05, 3.63) is 41.5 Å². The van der Waals surface area contributed by atoms with Gasteiger partial charge in [-0.25, -0.2) is 9.07 Å². The molecule has 1 aromatic heterocycles. The fourth-order valence-electron chi connectivity index (χ4n) is 3.02. The van der Waals surface area contributed by atoms with Crippen molar-refractivity contribution < 1.29 is 9.18 Å². The van der Waals surface area contributed by atoms with E-state index in [1.807, 2.05) is 14.1 Å². The summed E-state index contributed by atoms with van der Waals surface area (Å²) in [5.41, 5.74) is 0.768. The number of halogens is 1. The van der Waals surface area contributed by atoms with Gasteiger partial charge in [-0.05, 0) is 54.6 Å². The number of benzene rings is 1. The molecule has 0 aliphatic carbocycles. The Balaban J connectivity index is 2.14. The first-order valence-corrected chi connectivity index (χ1v) is 8.59. The van der Waals surface area contributed by atoms with Crippen molar-refractivity contribution in [2.24, 2.45) is 5.41 Å². The maximum Gasteiger partial charge on any atom is 0.245 e. The van der Waals surface area contributed by atoms with Gasteiger partial charge in [0.1, 0.15) is 17.7 Å². The molecule has 0 saturated carbocycles. The molecule has 0 radical (unpaired) electrons. The zero-order valence-corrected chi connectivity index (χ0v) is 16.0. The van der Waals surface area contributed by atoms with E-state index in [4.69, 9.17) is 0 Å². The van der Waals surface area contributed by atoms with E-state index in [0.717, 1.165) is 12.1 Å². The molecule has 0 unspecified atom stereocenters. The number of tetrazole rings is 1. The lowest BCUT2D eigenvalue weighted by Gasteiger charge is -2.29. The maximum atomic E-state index is 13.2.